The number of imidazole rings is 1. The van der Waals surface area contributed by atoms with E-state index in [1.54, 1.807) is 24.6 Å². The molecule has 0 aliphatic rings. The first-order chi connectivity index (χ1) is 14.5. The van der Waals surface area contributed by atoms with Crippen molar-refractivity contribution in [3.05, 3.63) is 84.3 Å². The van der Waals surface area contributed by atoms with Crippen molar-refractivity contribution in [3.8, 4) is 22.5 Å². The minimum absolute atomic E-state index is 0.0726. The maximum Gasteiger partial charge on any atom is 0.197 e. The Morgan fingerprint density at radius 1 is 1.03 bits per heavy atom. The molecule has 4 rings (SSSR count). The SMILES string of the molecule is C[C@@H](Nc1cc(-c2nc([S@@](C)=O)[nH]c2-c2ccc(F)cc2)ccn1)c1ccccc1. The lowest BCUT2D eigenvalue weighted by molar-refractivity contribution is 0.628. The molecular weight excluding hydrogens is 399 g/mol. The highest BCUT2D eigenvalue weighted by Crippen LogP contribution is 2.32. The van der Waals surface area contributed by atoms with Crippen LogP contribution in [0.1, 0.15) is 18.5 Å². The highest BCUT2D eigenvalue weighted by molar-refractivity contribution is 7.84. The van der Waals surface area contributed by atoms with Crippen molar-refractivity contribution in [3.63, 3.8) is 0 Å². The van der Waals surface area contributed by atoms with E-state index in [2.05, 4.69) is 39.3 Å². The Labute approximate surface area is 176 Å². The van der Waals surface area contributed by atoms with Gasteiger partial charge in [-0.3, -0.25) is 4.21 Å². The summed E-state index contributed by atoms with van der Waals surface area (Å²) >= 11 is 0. The van der Waals surface area contributed by atoms with Gasteiger partial charge in [-0.25, -0.2) is 14.4 Å². The van der Waals surface area contributed by atoms with Crippen LogP contribution >= 0.6 is 0 Å². The molecule has 2 aromatic heterocycles. The number of rotatable bonds is 6. The van der Waals surface area contributed by atoms with Gasteiger partial charge in [-0.2, -0.15) is 0 Å². The second kappa shape index (κ2) is 8.59. The Hall–Kier alpha value is -3.32. The van der Waals surface area contributed by atoms with Crippen molar-refractivity contribution in [1.82, 2.24) is 15.0 Å². The van der Waals surface area contributed by atoms with Crippen LogP contribution in [0.15, 0.2) is 78.1 Å². The lowest BCUT2D eigenvalue weighted by Gasteiger charge is -2.15. The number of anilines is 1. The summed E-state index contributed by atoms with van der Waals surface area (Å²) in [5.74, 6) is 0.389. The standard InChI is InChI=1S/C23H21FN4OS/c1-15(16-6-4-3-5-7-16)26-20-14-18(12-13-25-20)22-21(27-23(28-22)30(2)29)17-8-10-19(24)11-9-17/h3-15H,1-2H3,(H,25,26)(H,27,28)/t15-,30-/m1/s1. The molecule has 0 bridgehead atoms. The molecular formula is C23H21FN4OS. The van der Waals surface area contributed by atoms with Gasteiger partial charge in [0.1, 0.15) is 11.6 Å². The number of nitrogens with one attached hydrogen (secondary N) is 2. The Kier molecular flexibility index (Phi) is 5.72. The van der Waals surface area contributed by atoms with E-state index in [0.717, 1.165) is 16.7 Å². The molecule has 2 aromatic carbocycles. The summed E-state index contributed by atoms with van der Waals surface area (Å²) in [4.78, 5) is 12.1. The van der Waals surface area contributed by atoms with Gasteiger partial charge in [0, 0.05) is 29.6 Å². The van der Waals surface area contributed by atoms with Crippen LogP contribution in [-0.2, 0) is 10.8 Å². The Morgan fingerprint density at radius 2 is 1.77 bits per heavy atom. The largest absolute Gasteiger partial charge is 0.364 e. The lowest BCUT2D eigenvalue weighted by Crippen LogP contribution is -2.07. The van der Waals surface area contributed by atoms with Crippen molar-refractivity contribution in [2.45, 2.75) is 18.1 Å². The first-order valence-corrected chi connectivity index (χ1v) is 11.0. The molecule has 0 unspecified atom stereocenters. The van der Waals surface area contributed by atoms with E-state index in [1.807, 2.05) is 30.3 Å². The van der Waals surface area contributed by atoms with E-state index >= 15 is 0 Å². The van der Waals surface area contributed by atoms with Crippen LogP contribution < -0.4 is 5.32 Å². The van der Waals surface area contributed by atoms with Crippen LogP contribution in [0.3, 0.4) is 0 Å². The fraction of sp³-hybridized carbons (Fsp3) is 0.130. The molecule has 30 heavy (non-hydrogen) atoms. The van der Waals surface area contributed by atoms with Gasteiger partial charge < -0.3 is 10.3 Å². The van der Waals surface area contributed by atoms with Gasteiger partial charge in [-0.1, -0.05) is 30.3 Å². The zero-order chi connectivity index (χ0) is 21.1. The third-order valence-corrected chi connectivity index (χ3v) is 5.52. The maximum absolute atomic E-state index is 13.4. The van der Waals surface area contributed by atoms with E-state index < -0.39 is 10.8 Å². The second-order valence-electron chi connectivity index (χ2n) is 6.93. The molecule has 0 saturated carbocycles. The predicted octanol–water partition coefficient (Wildman–Crippen LogP) is 5.19. The molecule has 0 fully saturated rings. The summed E-state index contributed by atoms with van der Waals surface area (Å²) in [6.07, 6.45) is 3.28. The molecule has 2 heterocycles. The number of hydrogen-bond donors (Lipinski definition) is 2. The third-order valence-electron chi connectivity index (χ3n) is 4.78. The van der Waals surface area contributed by atoms with Crippen molar-refractivity contribution in [2.24, 2.45) is 0 Å². The molecule has 0 amide bonds. The molecule has 0 saturated heterocycles. The van der Waals surface area contributed by atoms with Crippen molar-refractivity contribution in [2.75, 3.05) is 11.6 Å². The van der Waals surface area contributed by atoms with Crippen LogP contribution in [0, 0.1) is 5.82 Å². The quantitative estimate of drug-likeness (QED) is 0.450. The maximum atomic E-state index is 13.4. The van der Waals surface area contributed by atoms with Crippen LogP contribution in [-0.4, -0.2) is 25.4 Å². The Bertz CT molecular complexity index is 1180. The summed E-state index contributed by atoms with van der Waals surface area (Å²) in [5.41, 5.74) is 4.07. The van der Waals surface area contributed by atoms with E-state index in [1.165, 1.54) is 12.1 Å². The first kappa shape index (κ1) is 20.0. The summed E-state index contributed by atoms with van der Waals surface area (Å²) in [6, 6.07) is 20.1. The normalized spacial score (nSPS) is 13.0. The third kappa shape index (κ3) is 4.31. The molecule has 2 atom stereocenters. The number of nitrogens with zero attached hydrogens (tertiary/aromatic N) is 2. The van der Waals surface area contributed by atoms with Crippen LogP contribution in [0.2, 0.25) is 0 Å². The molecule has 4 aromatic rings. The number of hydrogen-bond acceptors (Lipinski definition) is 4. The van der Waals surface area contributed by atoms with Gasteiger partial charge in [0.2, 0.25) is 0 Å². The average Bonchev–Trinajstić information content (AvgIpc) is 3.21. The number of aromatic nitrogens is 3. The van der Waals surface area contributed by atoms with E-state index in [-0.39, 0.29) is 11.9 Å². The first-order valence-electron chi connectivity index (χ1n) is 9.48. The van der Waals surface area contributed by atoms with Crippen molar-refractivity contribution >= 4 is 16.6 Å². The van der Waals surface area contributed by atoms with E-state index in [0.29, 0.717) is 22.4 Å². The monoisotopic (exact) mass is 420 g/mol. The average molecular weight is 421 g/mol. The smallest absolute Gasteiger partial charge is 0.197 e. The van der Waals surface area contributed by atoms with Gasteiger partial charge in [0.15, 0.2) is 5.16 Å². The van der Waals surface area contributed by atoms with Gasteiger partial charge in [-0.15, -0.1) is 0 Å². The number of H-pyrrole nitrogens is 1. The zero-order valence-electron chi connectivity index (χ0n) is 16.6. The fourth-order valence-electron chi connectivity index (χ4n) is 3.23. The molecule has 0 radical (unpaired) electrons. The molecule has 0 spiro atoms. The van der Waals surface area contributed by atoms with Crippen molar-refractivity contribution in [1.29, 1.82) is 0 Å². The van der Waals surface area contributed by atoms with Crippen LogP contribution in [0.25, 0.3) is 22.5 Å². The van der Waals surface area contributed by atoms with Crippen LogP contribution in [0.5, 0.6) is 0 Å². The zero-order valence-corrected chi connectivity index (χ0v) is 17.4. The predicted molar refractivity (Wildman–Crippen MR) is 118 cm³/mol. The summed E-state index contributed by atoms with van der Waals surface area (Å²) in [5, 5.41) is 3.77. The van der Waals surface area contributed by atoms with Gasteiger partial charge in [-0.05, 0) is 48.9 Å². The second-order valence-corrected chi connectivity index (χ2v) is 8.23. The van der Waals surface area contributed by atoms with Gasteiger partial charge >= 0.3 is 0 Å². The van der Waals surface area contributed by atoms with Gasteiger partial charge in [0.05, 0.1) is 22.2 Å². The number of aromatic amines is 1. The molecule has 5 nitrogen and oxygen atoms in total. The minimum Gasteiger partial charge on any atom is -0.364 e. The molecule has 152 valence electrons. The van der Waals surface area contributed by atoms with Crippen molar-refractivity contribution < 1.29 is 8.60 Å². The minimum atomic E-state index is -1.28. The topological polar surface area (TPSA) is 70.7 Å². The summed E-state index contributed by atoms with van der Waals surface area (Å²) in [7, 11) is -1.28. The Morgan fingerprint density at radius 3 is 2.47 bits per heavy atom. The number of pyridine rings is 1. The highest BCUT2D eigenvalue weighted by atomic mass is 32.2. The molecule has 0 aliphatic carbocycles. The van der Waals surface area contributed by atoms with Gasteiger partial charge in [0.25, 0.3) is 0 Å². The highest BCUT2D eigenvalue weighted by Gasteiger charge is 2.17. The molecule has 2 N–H and O–H groups in total. The van der Waals surface area contributed by atoms with Crippen LogP contribution in [0.4, 0.5) is 10.2 Å². The van der Waals surface area contributed by atoms with E-state index in [9.17, 15) is 8.60 Å². The summed E-state index contributed by atoms with van der Waals surface area (Å²) < 4.78 is 25.4. The van der Waals surface area contributed by atoms with E-state index in [4.69, 9.17) is 0 Å². The lowest BCUT2D eigenvalue weighted by atomic mass is 10.1. The molecule has 7 heteroatoms. The Balaban J connectivity index is 1.71. The fourth-order valence-corrected chi connectivity index (χ4v) is 3.69. The number of halogens is 1. The number of benzene rings is 2. The molecule has 0 aliphatic heterocycles. The summed E-state index contributed by atoms with van der Waals surface area (Å²) in [6.45, 7) is 2.07.